The van der Waals surface area contributed by atoms with E-state index in [0.717, 1.165) is 0 Å². The summed E-state index contributed by atoms with van der Waals surface area (Å²) in [5.41, 5.74) is 0. The van der Waals surface area contributed by atoms with E-state index in [-0.39, 0.29) is 5.85 Å². The van der Waals surface area contributed by atoms with Gasteiger partial charge >= 0.3 is 139 Å². The van der Waals surface area contributed by atoms with Crippen molar-refractivity contribution in [3.8, 4) is 0 Å². The first-order valence-electron chi connectivity index (χ1n) is 7.99. The molecule has 0 radical (unpaired) electrons. The summed E-state index contributed by atoms with van der Waals surface area (Å²) in [6.07, 6.45) is 0. The molecule has 0 heterocycles. The van der Waals surface area contributed by atoms with Gasteiger partial charge in [0, 0.05) is 0 Å². The van der Waals surface area contributed by atoms with Crippen LogP contribution in [0.1, 0.15) is 6.92 Å². The molecule has 0 aliphatic rings. The molecule has 0 amide bonds. The number of methoxy groups -OCH3 is 1. The third-order valence-corrected chi connectivity index (χ3v) is 9.84. The molecule has 0 spiro atoms. The minimum absolute atomic E-state index is 0.134. The Morgan fingerprint density at radius 1 is 0.609 bits per heavy atom. The molecule has 1 unspecified atom stereocenters. The number of hydrogen-bond acceptors (Lipinski definition) is 1. The Bertz CT molecular complexity index is 629. The first-order chi connectivity index (χ1) is 11.3. The Morgan fingerprint density at radius 3 is 1.17 bits per heavy atom. The van der Waals surface area contributed by atoms with E-state index in [2.05, 4.69) is 97.9 Å². The molecule has 23 heavy (non-hydrogen) atoms. The van der Waals surface area contributed by atoms with Gasteiger partial charge in [-0.05, 0) is 0 Å². The van der Waals surface area contributed by atoms with Gasteiger partial charge in [-0.25, -0.2) is 0 Å². The van der Waals surface area contributed by atoms with Crippen LogP contribution in [-0.4, -0.2) is 13.0 Å². The molecule has 2 heteroatoms. The van der Waals surface area contributed by atoms with Crippen molar-refractivity contribution in [1.82, 2.24) is 0 Å². The summed E-state index contributed by atoms with van der Waals surface area (Å²) < 4.78 is 5.94. The van der Waals surface area contributed by atoms with Crippen LogP contribution in [0.2, 0.25) is 0 Å². The first kappa shape index (κ1) is 15.9. The second-order valence-electron chi connectivity index (χ2n) is 5.78. The molecule has 3 aromatic rings. The summed E-state index contributed by atoms with van der Waals surface area (Å²) in [5, 5.41) is 4.14. The standard InChI is InChI=1S/C21H23OP/c1-18(22-2)23(19-12-6-3-7-13-19,20-14-8-4-9-15-20)21-16-10-5-11-17-21/h3-18,23H,1-2H3. The average molecular weight is 322 g/mol. The van der Waals surface area contributed by atoms with Crippen molar-refractivity contribution in [2.75, 3.05) is 7.11 Å². The average Bonchev–Trinajstić information content (AvgIpc) is 2.65. The molecule has 0 saturated carbocycles. The van der Waals surface area contributed by atoms with E-state index in [9.17, 15) is 0 Å². The summed E-state index contributed by atoms with van der Waals surface area (Å²) in [6.45, 7) is 2.21. The van der Waals surface area contributed by atoms with Gasteiger partial charge in [0.05, 0.1) is 0 Å². The van der Waals surface area contributed by atoms with Crippen molar-refractivity contribution >= 4 is 23.2 Å². The molecule has 3 aromatic carbocycles. The van der Waals surface area contributed by atoms with Crippen molar-refractivity contribution in [3.05, 3.63) is 91.0 Å². The van der Waals surface area contributed by atoms with Gasteiger partial charge < -0.3 is 0 Å². The Morgan fingerprint density at radius 2 is 0.913 bits per heavy atom. The predicted molar refractivity (Wildman–Crippen MR) is 103 cm³/mol. The molecular weight excluding hydrogens is 299 g/mol. The fourth-order valence-corrected chi connectivity index (χ4v) is 8.40. The van der Waals surface area contributed by atoms with E-state index in [0.29, 0.717) is 0 Å². The molecule has 0 bridgehead atoms. The first-order valence-corrected chi connectivity index (χ1v) is 10.1. The number of hydrogen-bond donors (Lipinski definition) is 0. The van der Waals surface area contributed by atoms with Crippen LogP contribution in [0.5, 0.6) is 0 Å². The van der Waals surface area contributed by atoms with Gasteiger partial charge in [0.1, 0.15) is 0 Å². The molecule has 0 aliphatic carbocycles. The van der Waals surface area contributed by atoms with Crippen molar-refractivity contribution in [2.45, 2.75) is 12.8 Å². The molecule has 1 nitrogen and oxygen atoms in total. The van der Waals surface area contributed by atoms with Gasteiger partial charge in [0.15, 0.2) is 0 Å². The molecular formula is C21H23OP. The van der Waals surface area contributed by atoms with Crippen LogP contribution < -0.4 is 15.9 Å². The maximum atomic E-state index is 5.94. The summed E-state index contributed by atoms with van der Waals surface area (Å²) in [7, 11) is -0.429. The van der Waals surface area contributed by atoms with E-state index >= 15 is 0 Å². The van der Waals surface area contributed by atoms with Crippen LogP contribution in [0.4, 0.5) is 0 Å². The van der Waals surface area contributed by atoms with Crippen LogP contribution in [0.25, 0.3) is 0 Å². The van der Waals surface area contributed by atoms with E-state index in [1.807, 2.05) is 7.11 Å². The van der Waals surface area contributed by atoms with Crippen molar-refractivity contribution in [2.24, 2.45) is 0 Å². The van der Waals surface area contributed by atoms with Crippen LogP contribution in [-0.2, 0) is 4.74 Å². The van der Waals surface area contributed by atoms with E-state index in [1.165, 1.54) is 15.9 Å². The number of benzene rings is 3. The molecule has 0 aromatic heterocycles. The van der Waals surface area contributed by atoms with E-state index < -0.39 is 7.26 Å². The zero-order valence-electron chi connectivity index (χ0n) is 13.6. The summed E-state index contributed by atoms with van der Waals surface area (Å²) in [6, 6.07) is 32.5. The Balaban J connectivity index is 2.35. The fraction of sp³-hybridized carbons (Fsp3) is 0.143. The molecule has 0 N–H and O–H groups in total. The van der Waals surface area contributed by atoms with Crippen molar-refractivity contribution in [3.63, 3.8) is 0 Å². The predicted octanol–water partition coefficient (Wildman–Crippen LogP) is 3.71. The summed E-state index contributed by atoms with van der Waals surface area (Å²) in [4.78, 5) is 0. The fourth-order valence-electron chi connectivity index (χ4n) is 3.48. The zero-order chi connectivity index (χ0) is 16.1. The van der Waals surface area contributed by atoms with Gasteiger partial charge in [-0.1, -0.05) is 0 Å². The Labute approximate surface area is 139 Å². The maximum absolute atomic E-state index is 5.94. The van der Waals surface area contributed by atoms with Gasteiger partial charge in [0.25, 0.3) is 0 Å². The molecule has 1 atom stereocenters. The van der Waals surface area contributed by atoms with Crippen LogP contribution >= 0.6 is 7.26 Å². The molecule has 0 fully saturated rings. The number of ether oxygens (including phenoxy) is 1. The number of rotatable bonds is 5. The van der Waals surface area contributed by atoms with Crippen LogP contribution in [0, 0.1) is 0 Å². The molecule has 118 valence electrons. The minimum atomic E-state index is -2.25. The van der Waals surface area contributed by atoms with Gasteiger partial charge in [-0.3, -0.25) is 0 Å². The van der Waals surface area contributed by atoms with Crippen molar-refractivity contribution < 1.29 is 4.74 Å². The molecule has 3 rings (SSSR count). The Hall–Kier alpha value is -1.95. The van der Waals surface area contributed by atoms with Gasteiger partial charge in [-0.2, -0.15) is 0 Å². The molecule has 0 aliphatic heterocycles. The summed E-state index contributed by atoms with van der Waals surface area (Å²) >= 11 is 0. The molecule has 0 saturated heterocycles. The topological polar surface area (TPSA) is 9.23 Å². The van der Waals surface area contributed by atoms with Crippen molar-refractivity contribution in [1.29, 1.82) is 0 Å². The third-order valence-electron chi connectivity index (χ3n) is 4.65. The Kier molecular flexibility index (Phi) is 4.91. The second kappa shape index (κ2) is 7.08. The SMILES string of the molecule is COC(C)[PH](c1ccccc1)(c1ccccc1)c1ccccc1. The normalized spacial score (nSPS) is 13.5. The quantitative estimate of drug-likeness (QED) is 0.651. The monoisotopic (exact) mass is 322 g/mol. The zero-order valence-corrected chi connectivity index (χ0v) is 14.6. The van der Waals surface area contributed by atoms with Gasteiger partial charge in [-0.15, -0.1) is 0 Å². The summed E-state index contributed by atoms with van der Waals surface area (Å²) in [5.74, 6) is 0.134. The second-order valence-corrected chi connectivity index (χ2v) is 9.95. The van der Waals surface area contributed by atoms with Gasteiger partial charge in [0.2, 0.25) is 0 Å². The third kappa shape index (κ3) is 2.83. The van der Waals surface area contributed by atoms with Crippen LogP contribution in [0.3, 0.4) is 0 Å². The van der Waals surface area contributed by atoms with E-state index in [4.69, 9.17) is 4.74 Å². The van der Waals surface area contributed by atoms with E-state index in [1.54, 1.807) is 0 Å². The van der Waals surface area contributed by atoms with Crippen LogP contribution in [0.15, 0.2) is 91.0 Å².